The summed E-state index contributed by atoms with van der Waals surface area (Å²) >= 11 is 0. The Kier molecular flexibility index (Phi) is 6.10. The summed E-state index contributed by atoms with van der Waals surface area (Å²) < 4.78 is 0. The van der Waals surface area contributed by atoms with Gasteiger partial charge in [-0.25, -0.2) is 0 Å². The van der Waals surface area contributed by atoms with Gasteiger partial charge in [-0.3, -0.25) is 4.79 Å². The lowest BCUT2D eigenvalue weighted by molar-refractivity contribution is -0.121. The van der Waals surface area contributed by atoms with Gasteiger partial charge in [-0.15, -0.1) is 0 Å². The van der Waals surface area contributed by atoms with Crippen LogP contribution in [0.3, 0.4) is 0 Å². The highest BCUT2D eigenvalue weighted by atomic mass is 16.2. The van der Waals surface area contributed by atoms with E-state index in [4.69, 9.17) is 10.4 Å². The zero-order valence-electron chi connectivity index (χ0n) is 9.82. The molecule has 1 aliphatic carbocycles. The van der Waals surface area contributed by atoms with Gasteiger partial charge in [0.15, 0.2) is 0 Å². The molecule has 1 fully saturated rings. The topological polar surface area (TPSA) is 61.1 Å². The molecule has 90 valence electrons. The van der Waals surface area contributed by atoms with Crippen molar-refractivity contribution in [1.82, 2.24) is 0 Å². The molecule has 1 aliphatic rings. The van der Waals surface area contributed by atoms with Gasteiger partial charge in [0.2, 0.25) is 0 Å². The molecule has 0 aromatic carbocycles. The van der Waals surface area contributed by atoms with Gasteiger partial charge in [-0.05, 0) is 19.3 Å². The van der Waals surface area contributed by atoms with E-state index in [0.717, 1.165) is 44.9 Å². The van der Waals surface area contributed by atoms with E-state index < -0.39 is 0 Å². The Morgan fingerprint density at radius 3 is 2.62 bits per heavy atom. The fraction of sp³-hybridized carbons (Fsp3) is 0.846. The number of aliphatic hydroxyl groups excluding tert-OH is 1. The van der Waals surface area contributed by atoms with E-state index in [0.29, 0.717) is 12.2 Å². The van der Waals surface area contributed by atoms with Crippen molar-refractivity contribution in [2.45, 2.75) is 51.4 Å². The Morgan fingerprint density at radius 1 is 1.25 bits per heavy atom. The lowest BCUT2D eigenvalue weighted by atomic mass is 9.91. The maximum atomic E-state index is 11.5. The fourth-order valence-corrected chi connectivity index (χ4v) is 2.43. The summed E-state index contributed by atoms with van der Waals surface area (Å²) in [5.74, 6) is 0.287. The quantitative estimate of drug-likeness (QED) is 0.674. The molecule has 0 aliphatic heterocycles. The van der Waals surface area contributed by atoms with Crippen LogP contribution in [0.15, 0.2) is 0 Å². The Morgan fingerprint density at radius 2 is 1.94 bits per heavy atom. The molecule has 2 unspecified atom stereocenters. The second-order valence-electron chi connectivity index (χ2n) is 4.63. The van der Waals surface area contributed by atoms with Crippen LogP contribution in [0, 0.1) is 23.2 Å². The summed E-state index contributed by atoms with van der Waals surface area (Å²) in [6.45, 7) is 0.275. The van der Waals surface area contributed by atoms with Crippen LogP contribution in [-0.4, -0.2) is 17.5 Å². The van der Waals surface area contributed by atoms with Crippen LogP contribution in [-0.2, 0) is 4.79 Å². The number of ketones is 1. The minimum atomic E-state index is -0.0232. The molecular formula is C13H21NO2. The molecule has 3 heteroatoms. The number of hydrogen-bond donors (Lipinski definition) is 1. The van der Waals surface area contributed by atoms with Gasteiger partial charge in [0.1, 0.15) is 5.78 Å². The largest absolute Gasteiger partial charge is 0.396 e. The van der Waals surface area contributed by atoms with E-state index in [-0.39, 0.29) is 18.4 Å². The summed E-state index contributed by atoms with van der Waals surface area (Å²) in [4.78, 5) is 11.5. The van der Waals surface area contributed by atoms with E-state index >= 15 is 0 Å². The first-order valence-electron chi connectivity index (χ1n) is 6.32. The van der Waals surface area contributed by atoms with Crippen molar-refractivity contribution in [3.05, 3.63) is 0 Å². The van der Waals surface area contributed by atoms with Crippen LogP contribution in [0.1, 0.15) is 51.4 Å². The van der Waals surface area contributed by atoms with Gasteiger partial charge in [-0.2, -0.15) is 5.26 Å². The fourth-order valence-electron chi connectivity index (χ4n) is 2.43. The Balaban J connectivity index is 2.12. The SMILES string of the molecule is N#CC1CCC(=O)C1CCCCCCCO. The first kappa shape index (κ1) is 13.2. The van der Waals surface area contributed by atoms with Gasteiger partial charge in [0.25, 0.3) is 0 Å². The van der Waals surface area contributed by atoms with Crippen LogP contribution in [0.5, 0.6) is 0 Å². The molecule has 0 bridgehead atoms. The first-order chi connectivity index (χ1) is 7.79. The summed E-state index contributed by atoms with van der Waals surface area (Å²) in [7, 11) is 0. The average molecular weight is 223 g/mol. The first-order valence-corrected chi connectivity index (χ1v) is 6.32. The van der Waals surface area contributed by atoms with Gasteiger partial charge < -0.3 is 5.11 Å². The molecule has 1 rings (SSSR count). The molecule has 0 aromatic heterocycles. The predicted molar refractivity (Wildman–Crippen MR) is 61.6 cm³/mol. The Bertz CT molecular complexity index is 257. The molecule has 2 atom stereocenters. The van der Waals surface area contributed by atoms with Crippen molar-refractivity contribution in [2.24, 2.45) is 11.8 Å². The summed E-state index contributed by atoms with van der Waals surface area (Å²) in [6, 6.07) is 2.25. The zero-order chi connectivity index (χ0) is 11.8. The van der Waals surface area contributed by atoms with Crippen LogP contribution in [0.4, 0.5) is 0 Å². The number of nitriles is 1. The smallest absolute Gasteiger partial charge is 0.137 e. The van der Waals surface area contributed by atoms with E-state index in [2.05, 4.69) is 6.07 Å². The van der Waals surface area contributed by atoms with Gasteiger partial charge in [-0.1, -0.05) is 25.7 Å². The van der Waals surface area contributed by atoms with Crippen molar-refractivity contribution < 1.29 is 9.90 Å². The molecule has 0 spiro atoms. The number of carbonyl (C=O) groups is 1. The number of rotatable bonds is 7. The second-order valence-corrected chi connectivity index (χ2v) is 4.63. The van der Waals surface area contributed by atoms with Crippen molar-refractivity contribution in [2.75, 3.05) is 6.61 Å². The highest BCUT2D eigenvalue weighted by Crippen LogP contribution is 2.32. The third-order valence-electron chi connectivity index (χ3n) is 3.44. The third-order valence-corrected chi connectivity index (χ3v) is 3.44. The third kappa shape index (κ3) is 3.94. The number of nitrogens with zero attached hydrogens (tertiary/aromatic N) is 1. The molecule has 0 aromatic rings. The molecular weight excluding hydrogens is 202 g/mol. The van der Waals surface area contributed by atoms with Crippen LogP contribution < -0.4 is 0 Å². The number of Topliss-reactive ketones (excluding diaryl/α,β-unsaturated/α-hetero) is 1. The molecule has 0 radical (unpaired) electrons. The van der Waals surface area contributed by atoms with Crippen molar-refractivity contribution in [3.8, 4) is 6.07 Å². The van der Waals surface area contributed by atoms with Crippen molar-refractivity contribution >= 4 is 5.78 Å². The molecule has 0 saturated heterocycles. The second kappa shape index (κ2) is 7.40. The molecule has 3 nitrogen and oxygen atoms in total. The standard InChI is InChI=1S/C13H21NO2/c14-10-11-7-8-13(16)12(11)6-4-2-1-3-5-9-15/h11-12,15H,1-9H2. The normalized spacial score (nSPS) is 24.6. The molecule has 0 amide bonds. The maximum absolute atomic E-state index is 11.5. The lowest BCUT2D eigenvalue weighted by Crippen LogP contribution is -2.13. The summed E-state index contributed by atoms with van der Waals surface area (Å²) in [5.41, 5.74) is 0. The molecule has 16 heavy (non-hydrogen) atoms. The minimum absolute atomic E-state index is 0.0165. The van der Waals surface area contributed by atoms with Gasteiger partial charge in [0.05, 0.1) is 12.0 Å². The van der Waals surface area contributed by atoms with Gasteiger partial charge in [0, 0.05) is 18.9 Å². The highest BCUT2D eigenvalue weighted by molar-refractivity contribution is 5.83. The summed E-state index contributed by atoms with van der Waals surface area (Å²) in [5, 5.41) is 17.5. The number of carbonyl (C=O) groups excluding carboxylic acids is 1. The van der Waals surface area contributed by atoms with E-state index in [1.807, 2.05) is 0 Å². The number of aliphatic hydroxyl groups is 1. The number of hydrogen-bond acceptors (Lipinski definition) is 3. The molecule has 0 heterocycles. The Hall–Kier alpha value is -0.880. The zero-order valence-corrected chi connectivity index (χ0v) is 9.82. The van der Waals surface area contributed by atoms with Crippen LogP contribution in [0.2, 0.25) is 0 Å². The monoisotopic (exact) mass is 223 g/mol. The van der Waals surface area contributed by atoms with Crippen molar-refractivity contribution in [3.63, 3.8) is 0 Å². The van der Waals surface area contributed by atoms with Crippen LogP contribution in [0.25, 0.3) is 0 Å². The summed E-state index contributed by atoms with van der Waals surface area (Å²) in [6.07, 6.45) is 7.48. The highest BCUT2D eigenvalue weighted by Gasteiger charge is 2.33. The van der Waals surface area contributed by atoms with E-state index in [1.54, 1.807) is 0 Å². The van der Waals surface area contributed by atoms with E-state index in [1.165, 1.54) is 0 Å². The predicted octanol–water partition coefficient (Wildman–Crippen LogP) is 2.44. The molecule has 1 N–H and O–H groups in total. The average Bonchev–Trinajstić information content (AvgIpc) is 2.65. The van der Waals surface area contributed by atoms with E-state index in [9.17, 15) is 4.79 Å². The molecule has 1 saturated carbocycles. The Labute approximate surface area is 97.5 Å². The van der Waals surface area contributed by atoms with Crippen molar-refractivity contribution in [1.29, 1.82) is 5.26 Å². The number of unbranched alkanes of at least 4 members (excludes halogenated alkanes) is 4. The van der Waals surface area contributed by atoms with Crippen LogP contribution >= 0.6 is 0 Å². The lowest BCUT2D eigenvalue weighted by Gasteiger charge is -2.11. The minimum Gasteiger partial charge on any atom is -0.396 e. The van der Waals surface area contributed by atoms with Gasteiger partial charge >= 0.3 is 0 Å². The maximum Gasteiger partial charge on any atom is 0.137 e.